The molecule has 1 aliphatic heterocycles. The van der Waals surface area contributed by atoms with Crippen molar-refractivity contribution in [3.63, 3.8) is 0 Å². The zero-order chi connectivity index (χ0) is 24.1. The molecule has 1 N–H and O–H groups in total. The minimum Gasteiger partial charge on any atom is -0.488 e. The van der Waals surface area contributed by atoms with E-state index in [9.17, 15) is 9.59 Å². The number of hydrogen-bond donors (Lipinski definition) is 1. The number of aliphatic imine (C=N–C) groups is 1. The van der Waals surface area contributed by atoms with Gasteiger partial charge < -0.3 is 9.84 Å². The molecule has 34 heavy (non-hydrogen) atoms. The van der Waals surface area contributed by atoms with Gasteiger partial charge in [-0.1, -0.05) is 41.9 Å². The lowest BCUT2D eigenvalue weighted by atomic mass is 10.1. The summed E-state index contributed by atoms with van der Waals surface area (Å²) in [6, 6.07) is 21.2. The molecule has 172 valence electrons. The van der Waals surface area contributed by atoms with Crippen LogP contribution in [0.15, 0.2) is 82.7 Å². The molecule has 0 aromatic heterocycles. The van der Waals surface area contributed by atoms with Gasteiger partial charge in [-0.25, -0.2) is 9.79 Å². The first-order valence-electron chi connectivity index (χ1n) is 10.5. The Balaban J connectivity index is 1.56. The van der Waals surface area contributed by atoms with Crippen LogP contribution in [-0.4, -0.2) is 33.6 Å². The van der Waals surface area contributed by atoms with E-state index >= 15 is 0 Å². The maximum atomic E-state index is 13.0. The van der Waals surface area contributed by atoms with Crippen molar-refractivity contribution in [1.82, 2.24) is 4.90 Å². The maximum Gasteiger partial charge on any atom is 0.335 e. The Morgan fingerprint density at radius 2 is 1.79 bits per heavy atom. The summed E-state index contributed by atoms with van der Waals surface area (Å²) < 4.78 is 6.01. The van der Waals surface area contributed by atoms with Crippen molar-refractivity contribution < 1.29 is 19.4 Å². The van der Waals surface area contributed by atoms with Crippen LogP contribution in [0.25, 0.3) is 6.08 Å². The molecule has 0 atom stereocenters. The molecule has 6 nitrogen and oxygen atoms in total. The normalized spacial score (nSPS) is 15.8. The van der Waals surface area contributed by atoms with Crippen LogP contribution >= 0.6 is 23.4 Å². The summed E-state index contributed by atoms with van der Waals surface area (Å²) in [5, 5.41) is 10.3. The number of ether oxygens (including phenoxy) is 1. The SMILES string of the molecule is CCN1C(=O)/C(=C\c2ccccc2OCc2ccc(Cl)cc2)SC1=Nc1ccc(C(=O)O)cc1. The highest BCUT2D eigenvalue weighted by Crippen LogP contribution is 2.35. The van der Waals surface area contributed by atoms with E-state index in [1.54, 1.807) is 17.0 Å². The Morgan fingerprint density at radius 1 is 1.09 bits per heavy atom. The molecule has 1 heterocycles. The van der Waals surface area contributed by atoms with Gasteiger partial charge in [-0.2, -0.15) is 0 Å². The smallest absolute Gasteiger partial charge is 0.335 e. The molecule has 0 spiro atoms. The van der Waals surface area contributed by atoms with Crippen molar-refractivity contribution in [2.75, 3.05) is 6.54 Å². The average Bonchev–Trinajstić information content (AvgIpc) is 3.13. The van der Waals surface area contributed by atoms with E-state index in [2.05, 4.69) is 4.99 Å². The maximum absolute atomic E-state index is 13.0. The van der Waals surface area contributed by atoms with E-state index in [0.717, 1.165) is 11.1 Å². The van der Waals surface area contributed by atoms with Gasteiger partial charge in [-0.05, 0) is 72.8 Å². The van der Waals surface area contributed by atoms with Gasteiger partial charge in [0.25, 0.3) is 5.91 Å². The van der Waals surface area contributed by atoms with Crippen molar-refractivity contribution in [2.45, 2.75) is 13.5 Å². The zero-order valence-electron chi connectivity index (χ0n) is 18.3. The summed E-state index contributed by atoms with van der Waals surface area (Å²) in [7, 11) is 0. The summed E-state index contributed by atoms with van der Waals surface area (Å²) >= 11 is 7.23. The third kappa shape index (κ3) is 5.50. The molecule has 1 saturated heterocycles. The molecule has 4 rings (SSSR count). The number of nitrogens with zero attached hydrogens (tertiary/aromatic N) is 2. The van der Waals surface area contributed by atoms with E-state index in [4.69, 9.17) is 21.4 Å². The molecule has 1 amide bonds. The number of hydrogen-bond acceptors (Lipinski definition) is 5. The van der Waals surface area contributed by atoms with Crippen LogP contribution in [0.5, 0.6) is 5.75 Å². The largest absolute Gasteiger partial charge is 0.488 e. The topological polar surface area (TPSA) is 79.2 Å². The van der Waals surface area contributed by atoms with E-state index in [1.807, 2.05) is 61.5 Å². The lowest BCUT2D eigenvalue weighted by Gasteiger charge is -2.12. The van der Waals surface area contributed by atoms with Crippen LogP contribution in [0.3, 0.4) is 0 Å². The average molecular weight is 493 g/mol. The molecule has 3 aromatic rings. The Hall–Kier alpha value is -3.55. The van der Waals surface area contributed by atoms with Gasteiger partial charge in [0.05, 0.1) is 16.2 Å². The Kier molecular flexibility index (Phi) is 7.35. The van der Waals surface area contributed by atoms with E-state index in [-0.39, 0.29) is 11.5 Å². The monoisotopic (exact) mass is 492 g/mol. The highest BCUT2D eigenvalue weighted by molar-refractivity contribution is 8.18. The highest BCUT2D eigenvalue weighted by Gasteiger charge is 2.32. The molecule has 0 saturated carbocycles. The van der Waals surface area contributed by atoms with Crippen LogP contribution in [0.1, 0.15) is 28.4 Å². The first kappa shape index (κ1) is 23.6. The molecule has 8 heteroatoms. The number of amides is 1. The van der Waals surface area contributed by atoms with Crippen molar-refractivity contribution in [3.8, 4) is 5.75 Å². The number of halogens is 1. The second-order valence-electron chi connectivity index (χ2n) is 7.36. The van der Waals surface area contributed by atoms with Gasteiger partial charge in [-0.3, -0.25) is 9.69 Å². The first-order chi connectivity index (χ1) is 16.4. The Labute approximate surface area is 206 Å². The Morgan fingerprint density at radius 3 is 2.47 bits per heavy atom. The van der Waals surface area contributed by atoms with Crippen molar-refractivity contribution in [1.29, 1.82) is 0 Å². The molecule has 0 unspecified atom stereocenters. The van der Waals surface area contributed by atoms with Gasteiger partial charge in [0.15, 0.2) is 5.17 Å². The van der Waals surface area contributed by atoms with Crippen LogP contribution in [0.4, 0.5) is 5.69 Å². The molecular formula is C26H21ClN2O4S. The number of thioether (sulfide) groups is 1. The van der Waals surface area contributed by atoms with Gasteiger partial charge in [0.2, 0.25) is 0 Å². The molecular weight excluding hydrogens is 472 g/mol. The number of carboxylic acid groups (broad SMARTS) is 1. The van der Waals surface area contributed by atoms with Gasteiger partial charge in [0, 0.05) is 17.1 Å². The van der Waals surface area contributed by atoms with Crippen LogP contribution < -0.4 is 4.74 Å². The summed E-state index contributed by atoms with van der Waals surface area (Å²) in [5.41, 5.74) is 2.53. The second kappa shape index (κ2) is 10.6. The molecule has 0 bridgehead atoms. The number of benzene rings is 3. The van der Waals surface area contributed by atoms with E-state index in [0.29, 0.717) is 39.7 Å². The third-order valence-electron chi connectivity index (χ3n) is 5.06. The number of para-hydroxylation sites is 1. The van der Waals surface area contributed by atoms with Gasteiger partial charge >= 0.3 is 5.97 Å². The van der Waals surface area contributed by atoms with Gasteiger partial charge in [-0.15, -0.1) is 0 Å². The molecule has 1 aliphatic rings. The molecule has 3 aromatic carbocycles. The number of rotatable bonds is 7. The highest BCUT2D eigenvalue weighted by atomic mass is 35.5. The quantitative estimate of drug-likeness (QED) is 0.395. The predicted octanol–water partition coefficient (Wildman–Crippen LogP) is 6.24. The fourth-order valence-corrected chi connectivity index (χ4v) is 4.45. The number of likely N-dealkylation sites (N-methyl/N-ethyl adjacent to an activating group) is 1. The van der Waals surface area contributed by atoms with E-state index < -0.39 is 5.97 Å². The summed E-state index contributed by atoms with van der Waals surface area (Å²) in [5.74, 6) is -0.473. The van der Waals surface area contributed by atoms with Crippen molar-refractivity contribution >= 4 is 52.2 Å². The minimum absolute atomic E-state index is 0.138. The summed E-state index contributed by atoms with van der Waals surface area (Å²) in [6.07, 6.45) is 1.81. The number of carbonyl (C=O) groups excluding carboxylic acids is 1. The first-order valence-corrected chi connectivity index (χ1v) is 11.7. The lowest BCUT2D eigenvalue weighted by molar-refractivity contribution is -0.122. The standard InChI is InChI=1S/C26H21ClN2O4S/c1-2-29-24(30)23(34-26(29)28-21-13-9-18(10-14-21)25(31)32)15-19-5-3-4-6-22(19)33-16-17-7-11-20(27)12-8-17/h3-15H,2,16H2,1H3,(H,31,32)/b23-15+,28-26?. The fourth-order valence-electron chi connectivity index (χ4n) is 3.27. The van der Waals surface area contributed by atoms with Crippen LogP contribution in [0, 0.1) is 0 Å². The fraction of sp³-hybridized carbons (Fsp3) is 0.115. The number of aromatic carboxylic acids is 1. The van der Waals surface area contributed by atoms with E-state index in [1.165, 1.54) is 23.9 Å². The zero-order valence-corrected chi connectivity index (χ0v) is 19.8. The third-order valence-corrected chi connectivity index (χ3v) is 6.32. The number of carboxylic acids is 1. The number of carbonyl (C=O) groups is 2. The molecule has 0 aliphatic carbocycles. The van der Waals surface area contributed by atoms with Crippen LogP contribution in [-0.2, 0) is 11.4 Å². The van der Waals surface area contributed by atoms with Crippen LogP contribution in [0.2, 0.25) is 5.02 Å². The molecule has 0 radical (unpaired) electrons. The molecule has 1 fully saturated rings. The summed E-state index contributed by atoms with van der Waals surface area (Å²) in [4.78, 5) is 30.8. The number of amidine groups is 1. The van der Waals surface area contributed by atoms with Crippen molar-refractivity contribution in [2.24, 2.45) is 4.99 Å². The summed E-state index contributed by atoms with van der Waals surface area (Å²) in [6.45, 7) is 2.72. The van der Waals surface area contributed by atoms with Gasteiger partial charge in [0.1, 0.15) is 12.4 Å². The minimum atomic E-state index is -0.998. The second-order valence-corrected chi connectivity index (χ2v) is 8.80. The predicted molar refractivity (Wildman–Crippen MR) is 136 cm³/mol. The Bertz CT molecular complexity index is 1270. The van der Waals surface area contributed by atoms with Crippen molar-refractivity contribution in [3.05, 3.63) is 99.4 Å². The lowest BCUT2D eigenvalue weighted by Crippen LogP contribution is -2.28.